The lowest BCUT2D eigenvalue weighted by molar-refractivity contribution is 0.150. The standard InChI is InChI=1S/C9H6FN3O2S/c10-16-8(6-11)9(12-15-13-14)7-4-2-1-3-5-7/h1-5,8H/b12-9-. The van der Waals surface area contributed by atoms with Crippen molar-refractivity contribution >= 4 is 17.9 Å². The van der Waals surface area contributed by atoms with E-state index in [0.717, 1.165) is 0 Å². The zero-order valence-corrected chi connectivity index (χ0v) is 8.72. The Kier molecular flexibility index (Phi) is 4.95. The van der Waals surface area contributed by atoms with Gasteiger partial charge in [0.15, 0.2) is 10.6 Å². The van der Waals surface area contributed by atoms with E-state index in [4.69, 9.17) is 5.26 Å². The highest BCUT2D eigenvalue weighted by atomic mass is 32.2. The Morgan fingerprint density at radius 2 is 2.19 bits per heavy atom. The molecule has 0 radical (unpaired) electrons. The fourth-order valence-corrected chi connectivity index (χ4v) is 1.35. The maximum atomic E-state index is 12.5. The summed E-state index contributed by atoms with van der Waals surface area (Å²) in [5, 5.41) is 12.9. The molecule has 1 atom stereocenters. The lowest BCUT2D eigenvalue weighted by Gasteiger charge is -2.05. The van der Waals surface area contributed by atoms with E-state index in [9.17, 15) is 8.79 Å². The van der Waals surface area contributed by atoms with Crippen molar-refractivity contribution in [1.82, 2.24) is 0 Å². The molecule has 0 heterocycles. The zero-order valence-electron chi connectivity index (χ0n) is 7.91. The van der Waals surface area contributed by atoms with Crippen LogP contribution in [0.5, 0.6) is 0 Å². The molecule has 0 spiro atoms. The Bertz CT molecular complexity index is 419. The molecule has 16 heavy (non-hydrogen) atoms. The molecule has 82 valence electrons. The van der Waals surface area contributed by atoms with Crippen molar-refractivity contribution in [3.63, 3.8) is 0 Å². The van der Waals surface area contributed by atoms with Gasteiger partial charge in [0.05, 0.1) is 18.2 Å². The molecule has 0 N–H and O–H groups in total. The van der Waals surface area contributed by atoms with Gasteiger partial charge >= 0.3 is 0 Å². The van der Waals surface area contributed by atoms with Gasteiger partial charge in [-0.2, -0.15) is 9.15 Å². The van der Waals surface area contributed by atoms with E-state index < -0.39 is 5.25 Å². The van der Waals surface area contributed by atoms with Gasteiger partial charge in [-0.05, 0) is 0 Å². The molecule has 0 saturated heterocycles. The smallest absolute Gasteiger partial charge is 0.184 e. The molecule has 0 fully saturated rings. The first-order valence-corrected chi connectivity index (χ1v) is 4.90. The van der Waals surface area contributed by atoms with Gasteiger partial charge in [0.1, 0.15) is 5.71 Å². The van der Waals surface area contributed by atoms with Crippen LogP contribution in [0.15, 0.2) is 40.8 Å². The monoisotopic (exact) mass is 239 g/mol. The third-order valence-electron chi connectivity index (χ3n) is 1.70. The van der Waals surface area contributed by atoms with Crippen molar-refractivity contribution in [2.75, 3.05) is 0 Å². The van der Waals surface area contributed by atoms with Crippen LogP contribution in [0.25, 0.3) is 0 Å². The van der Waals surface area contributed by atoms with Crippen LogP contribution < -0.4 is 0 Å². The summed E-state index contributed by atoms with van der Waals surface area (Å²) in [6, 6.07) is 10.1. The molecule has 0 aliphatic rings. The SMILES string of the molecule is N#CC(SF)/C(=N\ON=O)c1ccccc1. The zero-order chi connectivity index (χ0) is 11.8. The van der Waals surface area contributed by atoms with Crippen molar-refractivity contribution in [2.45, 2.75) is 5.25 Å². The minimum absolute atomic E-state index is 0.00944. The first kappa shape index (κ1) is 12.1. The molecule has 1 aromatic rings. The van der Waals surface area contributed by atoms with E-state index in [1.807, 2.05) is 0 Å². The summed E-state index contributed by atoms with van der Waals surface area (Å²) in [6.07, 6.45) is 0. The molecule has 0 bridgehead atoms. The van der Waals surface area contributed by atoms with Gasteiger partial charge in [-0.25, -0.2) is 4.94 Å². The molecule has 0 amide bonds. The summed E-state index contributed by atoms with van der Waals surface area (Å²) in [4.78, 5) is 13.7. The van der Waals surface area contributed by atoms with Crippen LogP contribution in [-0.4, -0.2) is 11.0 Å². The summed E-state index contributed by atoms with van der Waals surface area (Å²) in [7, 11) is 0. The van der Waals surface area contributed by atoms with Gasteiger partial charge in [-0.15, -0.1) is 4.91 Å². The van der Waals surface area contributed by atoms with Crippen LogP contribution in [-0.2, 0) is 4.94 Å². The first-order chi connectivity index (χ1) is 7.83. The Labute approximate surface area is 95.1 Å². The molecule has 0 aromatic heterocycles. The summed E-state index contributed by atoms with van der Waals surface area (Å²) in [6.45, 7) is 0. The Hall–Kier alpha value is -1.94. The number of rotatable bonds is 5. The predicted molar refractivity (Wildman–Crippen MR) is 58.0 cm³/mol. The molecule has 7 heteroatoms. The van der Waals surface area contributed by atoms with Crippen molar-refractivity contribution < 1.29 is 8.82 Å². The fourth-order valence-electron chi connectivity index (χ4n) is 1.04. The highest BCUT2D eigenvalue weighted by Gasteiger charge is 2.19. The number of hydrogen-bond donors (Lipinski definition) is 0. The first-order valence-electron chi connectivity index (χ1n) is 4.12. The third-order valence-corrected chi connectivity index (χ3v) is 2.20. The molecular weight excluding hydrogens is 233 g/mol. The average molecular weight is 239 g/mol. The number of nitriles is 1. The predicted octanol–water partition coefficient (Wildman–Crippen LogP) is 2.60. The van der Waals surface area contributed by atoms with Gasteiger partial charge in [0.25, 0.3) is 0 Å². The van der Waals surface area contributed by atoms with Gasteiger partial charge in [-0.3, -0.25) is 0 Å². The van der Waals surface area contributed by atoms with E-state index in [2.05, 4.69) is 15.4 Å². The highest BCUT2D eigenvalue weighted by Crippen LogP contribution is 2.18. The van der Waals surface area contributed by atoms with Crippen LogP contribution in [0.1, 0.15) is 5.56 Å². The van der Waals surface area contributed by atoms with Gasteiger partial charge in [-0.1, -0.05) is 35.5 Å². The Balaban J connectivity index is 3.06. The Morgan fingerprint density at radius 1 is 1.50 bits per heavy atom. The van der Waals surface area contributed by atoms with Crippen LogP contribution >= 0.6 is 12.1 Å². The van der Waals surface area contributed by atoms with Gasteiger partial charge < -0.3 is 0 Å². The van der Waals surface area contributed by atoms with Crippen LogP contribution in [0.4, 0.5) is 3.89 Å². The number of halogens is 1. The second kappa shape index (κ2) is 6.53. The number of nitrogens with zero attached hydrogens (tertiary/aromatic N) is 3. The number of oxime groups is 1. The fraction of sp³-hybridized carbons (Fsp3) is 0.111. The lowest BCUT2D eigenvalue weighted by Crippen LogP contribution is -2.16. The second-order valence-electron chi connectivity index (χ2n) is 2.60. The van der Waals surface area contributed by atoms with Crippen molar-refractivity contribution in [3.8, 4) is 6.07 Å². The summed E-state index contributed by atoms with van der Waals surface area (Å²) in [5.41, 5.74) is 0.498. The molecule has 1 unspecified atom stereocenters. The molecule has 0 aliphatic heterocycles. The minimum Gasteiger partial charge on any atom is -0.206 e. The van der Waals surface area contributed by atoms with Crippen molar-refractivity contribution in [1.29, 1.82) is 5.26 Å². The molecule has 0 aliphatic carbocycles. The largest absolute Gasteiger partial charge is 0.206 e. The van der Waals surface area contributed by atoms with Crippen molar-refractivity contribution in [3.05, 3.63) is 40.8 Å². The lowest BCUT2D eigenvalue weighted by atomic mass is 10.1. The summed E-state index contributed by atoms with van der Waals surface area (Å²) in [5.74, 6) is 0. The van der Waals surface area contributed by atoms with E-state index >= 15 is 0 Å². The molecule has 5 nitrogen and oxygen atoms in total. The molecular formula is C9H6FN3O2S. The number of hydrogen-bond acceptors (Lipinski definition) is 6. The summed E-state index contributed by atoms with van der Waals surface area (Å²) < 4.78 is 12.5. The molecule has 0 saturated carbocycles. The molecule has 1 rings (SSSR count). The second-order valence-corrected chi connectivity index (χ2v) is 3.25. The van der Waals surface area contributed by atoms with E-state index in [0.29, 0.717) is 5.56 Å². The Morgan fingerprint density at radius 3 is 2.69 bits per heavy atom. The maximum absolute atomic E-state index is 12.5. The summed E-state index contributed by atoms with van der Waals surface area (Å²) >= 11 is -0.192. The highest BCUT2D eigenvalue weighted by molar-refractivity contribution is 7.96. The third kappa shape index (κ3) is 3.03. The van der Waals surface area contributed by atoms with E-state index in [1.54, 1.807) is 36.4 Å². The van der Waals surface area contributed by atoms with Crippen LogP contribution in [0, 0.1) is 16.2 Å². The number of benzene rings is 1. The minimum atomic E-state index is -1.16. The average Bonchev–Trinajstić information content (AvgIpc) is 2.35. The van der Waals surface area contributed by atoms with Crippen LogP contribution in [0.3, 0.4) is 0 Å². The molecule has 1 aromatic carbocycles. The van der Waals surface area contributed by atoms with Crippen molar-refractivity contribution in [2.24, 2.45) is 10.5 Å². The van der Waals surface area contributed by atoms with Gasteiger partial charge in [0.2, 0.25) is 0 Å². The topological polar surface area (TPSA) is 74.8 Å². The van der Waals surface area contributed by atoms with Gasteiger partial charge in [0, 0.05) is 5.56 Å². The van der Waals surface area contributed by atoms with E-state index in [-0.39, 0.29) is 17.9 Å². The quantitative estimate of drug-likeness (QED) is 0.449. The maximum Gasteiger partial charge on any atom is 0.184 e. The van der Waals surface area contributed by atoms with Crippen LogP contribution in [0.2, 0.25) is 0 Å². The van der Waals surface area contributed by atoms with E-state index in [1.165, 1.54) is 0 Å². The normalized spacial score (nSPS) is 12.6.